The molecule has 1 aromatic heterocycles. The van der Waals surface area contributed by atoms with Crippen molar-refractivity contribution in [1.29, 1.82) is 0 Å². The lowest BCUT2D eigenvalue weighted by Gasteiger charge is -2.09. The SMILES string of the molecule is C/C=C/C(F)(F)F.C=C(/C=C\C)c1sc(COc2ccc(OCC(=O)O)c(C)c2)nc1-c1ccc(C(F)(F)F)cc1. The van der Waals surface area contributed by atoms with Crippen molar-refractivity contribution in [2.45, 2.75) is 39.7 Å². The van der Waals surface area contributed by atoms with Gasteiger partial charge in [-0.05, 0) is 62.2 Å². The van der Waals surface area contributed by atoms with E-state index < -0.39 is 30.5 Å². The number of nitrogens with zero attached hydrogens (tertiary/aromatic N) is 1. The Bertz CT molecular complexity index is 1390. The molecule has 0 amide bonds. The van der Waals surface area contributed by atoms with Crippen molar-refractivity contribution in [3.8, 4) is 22.8 Å². The molecule has 0 spiro atoms. The predicted molar refractivity (Wildman–Crippen MR) is 146 cm³/mol. The first kappa shape index (κ1) is 33.1. The molecule has 1 N–H and O–H groups in total. The number of ether oxygens (including phenoxy) is 2. The average Bonchev–Trinajstić information content (AvgIpc) is 3.31. The van der Waals surface area contributed by atoms with E-state index in [0.29, 0.717) is 38.9 Å². The molecule has 0 aliphatic rings. The Hall–Kier alpha value is -4.06. The normalized spacial score (nSPS) is 11.8. The summed E-state index contributed by atoms with van der Waals surface area (Å²) in [6, 6.07) is 9.87. The van der Waals surface area contributed by atoms with Crippen LogP contribution in [0.1, 0.15) is 34.9 Å². The van der Waals surface area contributed by atoms with Crippen molar-refractivity contribution in [2.75, 3.05) is 6.61 Å². The van der Waals surface area contributed by atoms with Gasteiger partial charge in [0.1, 0.15) is 23.1 Å². The van der Waals surface area contributed by atoms with Gasteiger partial charge in [0.25, 0.3) is 0 Å². The zero-order valence-electron chi connectivity index (χ0n) is 22.3. The van der Waals surface area contributed by atoms with E-state index in [1.165, 1.54) is 30.4 Å². The van der Waals surface area contributed by atoms with Gasteiger partial charge in [0.05, 0.1) is 16.1 Å². The highest BCUT2D eigenvalue weighted by molar-refractivity contribution is 7.13. The van der Waals surface area contributed by atoms with Gasteiger partial charge in [-0.2, -0.15) is 26.3 Å². The Labute approximate surface area is 237 Å². The molecule has 12 heteroatoms. The first-order valence-corrected chi connectivity index (χ1v) is 12.7. The van der Waals surface area contributed by atoms with Gasteiger partial charge in [-0.3, -0.25) is 0 Å². The van der Waals surface area contributed by atoms with Gasteiger partial charge in [0.15, 0.2) is 6.61 Å². The number of allylic oxidation sites excluding steroid dienone is 5. The number of aryl methyl sites for hydroxylation is 1. The second-order valence-electron chi connectivity index (χ2n) is 8.33. The molecule has 5 nitrogen and oxygen atoms in total. The van der Waals surface area contributed by atoms with Gasteiger partial charge in [0, 0.05) is 11.6 Å². The fourth-order valence-corrected chi connectivity index (χ4v) is 4.23. The Morgan fingerprint density at radius 3 is 2.17 bits per heavy atom. The minimum Gasteiger partial charge on any atom is -0.486 e. The van der Waals surface area contributed by atoms with Crippen LogP contribution in [-0.4, -0.2) is 28.8 Å². The molecule has 3 aromatic rings. The quantitative estimate of drug-likeness (QED) is 0.151. The van der Waals surface area contributed by atoms with Gasteiger partial charge in [-0.1, -0.05) is 36.9 Å². The second kappa shape index (κ2) is 14.5. The van der Waals surface area contributed by atoms with Crippen LogP contribution in [0.25, 0.3) is 16.8 Å². The second-order valence-corrected chi connectivity index (χ2v) is 9.41. The zero-order chi connectivity index (χ0) is 30.8. The van der Waals surface area contributed by atoms with Gasteiger partial charge >= 0.3 is 18.3 Å². The Morgan fingerprint density at radius 2 is 1.68 bits per heavy atom. The number of carbonyl (C=O) groups is 1. The van der Waals surface area contributed by atoms with Crippen molar-refractivity contribution >= 4 is 22.9 Å². The predicted octanol–water partition coefficient (Wildman–Crippen LogP) is 8.89. The number of alkyl halides is 6. The van der Waals surface area contributed by atoms with Crippen LogP contribution in [0.5, 0.6) is 11.5 Å². The smallest absolute Gasteiger partial charge is 0.416 e. The Balaban J connectivity index is 0.000000745. The molecule has 0 saturated carbocycles. The molecule has 41 heavy (non-hydrogen) atoms. The van der Waals surface area contributed by atoms with Crippen molar-refractivity contribution in [2.24, 2.45) is 0 Å². The minimum absolute atomic E-state index is 0.135. The number of carboxylic acid groups (broad SMARTS) is 1. The van der Waals surface area contributed by atoms with Gasteiger partial charge in [-0.15, -0.1) is 11.3 Å². The van der Waals surface area contributed by atoms with Crippen molar-refractivity contribution < 1.29 is 45.7 Å². The van der Waals surface area contributed by atoms with Crippen LogP contribution >= 0.6 is 11.3 Å². The molecule has 0 fully saturated rings. The monoisotopic (exact) mass is 599 g/mol. The van der Waals surface area contributed by atoms with E-state index in [2.05, 4.69) is 11.6 Å². The summed E-state index contributed by atoms with van der Waals surface area (Å²) in [5, 5.41) is 9.37. The lowest BCUT2D eigenvalue weighted by molar-refractivity contribution is -0.139. The number of rotatable bonds is 9. The van der Waals surface area contributed by atoms with Crippen LogP contribution in [0.15, 0.2) is 73.3 Å². The van der Waals surface area contributed by atoms with Gasteiger partial charge < -0.3 is 14.6 Å². The summed E-state index contributed by atoms with van der Waals surface area (Å²) in [7, 11) is 0. The number of thiazole rings is 1. The van der Waals surface area contributed by atoms with Crippen LogP contribution in [0.4, 0.5) is 26.3 Å². The minimum atomic E-state index is -4.41. The fourth-order valence-electron chi connectivity index (χ4n) is 3.28. The standard InChI is InChI=1S/C25H22F3NO4S.C4H5F3/c1-4-5-15(2)24-23(17-6-8-18(9-7-17)25(26,27)28)29-21(34-24)13-32-19-10-11-20(16(3)12-19)33-14-22(30)31;1-2-3-4(5,6)7/h4-12H,2,13-14H2,1,3H3,(H,30,31);2-3H,1H3/b5-4-;3-2+. The number of halogens is 6. The highest BCUT2D eigenvalue weighted by Gasteiger charge is 2.30. The Kier molecular flexibility index (Phi) is 11.8. The van der Waals surface area contributed by atoms with Crippen LogP contribution in [0.3, 0.4) is 0 Å². The van der Waals surface area contributed by atoms with Crippen LogP contribution in [-0.2, 0) is 17.6 Å². The molecule has 3 rings (SSSR count). The van der Waals surface area contributed by atoms with E-state index in [4.69, 9.17) is 14.6 Å². The number of hydrogen-bond acceptors (Lipinski definition) is 5. The molecule has 0 saturated heterocycles. The fraction of sp³-hybridized carbons (Fsp3) is 0.241. The summed E-state index contributed by atoms with van der Waals surface area (Å²) < 4.78 is 82.8. The van der Waals surface area contributed by atoms with Gasteiger partial charge in [-0.25, -0.2) is 9.78 Å². The van der Waals surface area contributed by atoms with E-state index in [1.807, 2.05) is 19.1 Å². The van der Waals surface area contributed by atoms with E-state index in [9.17, 15) is 31.1 Å². The molecule has 0 radical (unpaired) electrons. The first-order valence-electron chi connectivity index (χ1n) is 11.9. The molecule has 0 unspecified atom stereocenters. The molecule has 2 aromatic carbocycles. The molecule has 1 heterocycles. The third kappa shape index (κ3) is 10.8. The molecular formula is C29H27F6NO4S. The number of hydrogen-bond donors (Lipinski definition) is 1. The molecular weight excluding hydrogens is 572 g/mol. The third-order valence-electron chi connectivity index (χ3n) is 5.03. The summed E-state index contributed by atoms with van der Waals surface area (Å²) in [5.74, 6) is -0.0820. The average molecular weight is 600 g/mol. The van der Waals surface area contributed by atoms with Crippen LogP contribution < -0.4 is 9.47 Å². The molecule has 220 valence electrons. The summed E-state index contributed by atoms with van der Waals surface area (Å²) in [4.78, 5) is 16.0. The number of carboxylic acids is 1. The highest BCUT2D eigenvalue weighted by atomic mass is 32.1. The molecule has 0 atom stereocenters. The summed E-state index contributed by atoms with van der Waals surface area (Å²) in [5.41, 5.74) is 1.76. The molecule has 0 aliphatic carbocycles. The maximum Gasteiger partial charge on any atom is 0.416 e. The first-order chi connectivity index (χ1) is 19.1. The maximum atomic E-state index is 12.9. The van der Waals surface area contributed by atoms with Gasteiger partial charge in [0.2, 0.25) is 0 Å². The zero-order valence-corrected chi connectivity index (χ0v) is 23.1. The summed E-state index contributed by atoms with van der Waals surface area (Å²) in [6.07, 6.45) is -3.76. The van der Waals surface area contributed by atoms with Crippen LogP contribution in [0, 0.1) is 6.92 Å². The van der Waals surface area contributed by atoms with E-state index >= 15 is 0 Å². The number of aromatic nitrogens is 1. The topological polar surface area (TPSA) is 68.7 Å². The maximum absolute atomic E-state index is 12.9. The number of benzene rings is 2. The molecule has 0 bridgehead atoms. The van der Waals surface area contributed by atoms with Crippen molar-refractivity contribution in [3.05, 3.63) is 94.4 Å². The highest BCUT2D eigenvalue weighted by Crippen LogP contribution is 2.36. The van der Waals surface area contributed by atoms with E-state index in [1.54, 1.807) is 25.1 Å². The van der Waals surface area contributed by atoms with Crippen LogP contribution in [0.2, 0.25) is 0 Å². The molecule has 0 aliphatic heterocycles. The van der Waals surface area contributed by atoms with Crippen molar-refractivity contribution in [3.63, 3.8) is 0 Å². The van der Waals surface area contributed by atoms with E-state index in [0.717, 1.165) is 23.1 Å². The lowest BCUT2D eigenvalue weighted by atomic mass is 10.1. The van der Waals surface area contributed by atoms with Crippen molar-refractivity contribution in [1.82, 2.24) is 4.98 Å². The number of aliphatic carboxylic acids is 1. The van der Waals surface area contributed by atoms with E-state index in [-0.39, 0.29) is 12.7 Å². The summed E-state index contributed by atoms with van der Waals surface area (Å²) >= 11 is 1.35. The summed E-state index contributed by atoms with van der Waals surface area (Å²) in [6.45, 7) is 8.69. The third-order valence-corrected chi connectivity index (χ3v) is 6.14. The largest absolute Gasteiger partial charge is 0.486 e. The lowest BCUT2D eigenvalue weighted by Crippen LogP contribution is -2.10. The Morgan fingerprint density at radius 1 is 1.02 bits per heavy atom.